The van der Waals surface area contributed by atoms with Crippen LogP contribution in [0.4, 0.5) is 4.39 Å². The smallest absolute Gasteiger partial charge is 0.251 e. The highest BCUT2D eigenvalue weighted by Crippen LogP contribution is 2.29. The quantitative estimate of drug-likeness (QED) is 0.602. The van der Waals surface area contributed by atoms with E-state index in [1.165, 1.54) is 25.0 Å². The van der Waals surface area contributed by atoms with Gasteiger partial charge in [-0.25, -0.2) is 9.37 Å². The normalized spacial score (nSPS) is 13.0. The summed E-state index contributed by atoms with van der Waals surface area (Å²) in [6, 6.07) is 16.5. The number of nitrogens with one attached hydrogen (secondary N) is 1. The van der Waals surface area contributed by atoms with Gasteiger partial charge in [-0.2, -0.15) is 0 Å². The van der Waals surface area contributed by atoms with Crippen LogP contribution in [0.1, 0.15) is 28.8 Å². The molecule has 0 atom stereocenters. The molecule has 1 aliphatic carbocycles. The first kappa shape index (κ1) is 18.9. The molecule has 1 N–H and O–H groups in total. The van der Waals surface area contributed by atoms with Crippen molar-refractivity contribution in [3.63, 3.8) is 0 Å². The molecule has 1 fully saturated rings. The molecule has 1 amide bonds. The first-order chi connectivity index (χ1) is 14.2. The van der Waals surface area contributed by atoms with Gasteiger partial charge in [-0.05, 0) is 61.2 Å². The summed E-state index contributed by atoms with van der Waals surface area (Å²) in [5.74, 6) is 1.52. The summed E-state index contributed by atoms with van der Waals surface area (Å²) in [5, 5.41) is 2.86. The minimum atomic E-state index is -0.391. The van der Waals surface area contributed by atoms with Crippen LogP contribution >= 0.6 is 0 Å². The molecule has 1 heterocycles. The lowest BCUT2D eigenvalue weighted by Gasteiger charge is -2.11. The fraction of sp³-hybridized carbons (Fsp3) is 0.217. The molecule has 0 saturated heterocycles. The predicted molar refractivity (Wildman–Crippen MR) is 107 cm³/mol. The minimum Gasteiger partial charge on any atom is -0.493 e. The maximum atomic E-state index is 13.4. The molecule has 0 radical (unpaired) electrons. The first-order valence-electron chi connectivity index (χ1n) is 9.56. The van der Waals surface area contributed by atoms with E-state index >= 15 is 0 Å². The highest BCUT2D eigenvalue weighted by atomic mass is 19.1. The van der Waals surface area contributed by atoms with Gasteiger partial charge in [0.1, 0.15) is 17.3 Å². The average molecular weight is 392 g/mol. The lowest BCUT2D eigenvalue weighted by atomic mass is 10.2. The van der Waals surface area contributed by atoms with Crippen molar-refractivity contribution < 1.29 is 18.7 Å². The molecule has 3 aromatic rings. The van der Waals surface area contributed by atoms with Crippen molar-refractivity contribution in [3.8, 4) is 17.4 Å². The zero-order chi connectivity index (χ0) is 20.1. The van der Waals surface area contributed by atoms with Crippen LogP contribution in [0.2, 0.25) is 0 Å². The molecule has 0 bridgehead atoms. The maximum absolute atomic E-state index is 13.4. The Balaban J connectivity index is 1.36. The second-order valence-electron chi connectivity index (χ2n) is 6.99. The summed E-state index contributed by atoms with van der Waals surface area (Å²) in [4.78, 5) is 16.7. The molecule has 6 heteroatoms. The van der Waals surface area contributed by atoms with Crippen molar-refractivity contribution in [1.29, 1.82) is 0 Å². The third-order valence-electron chi connectivity index (χ3n) is 4.60. The number of hydrogen-bond donors (Lipinski definition) is 1. The number of amides is 1. The van der Waals surface area contributed by atoms with Gasteiger partial charge in [0.15, 0.2) is 0 Å². The second-order valence-corrected chi connectivity index (χ2v) is 6.99. The van der Waals surface area contributed by atoms with Gasteiger partial charge in [-0.1, -0.05) is 12.1 Å². The van der Waals surface area contributed by atoms with Crippen LogP contribution in [-0.4, -0.2) is 17.5 Å². The van der Waals surface area contributed by atoms with Gasteiger partial charge in [0.05, 0.1) is 6.61 Å². The Kier molecular flexibility index (Phi) is 5.70. The number of rotatable bonds is 8. The molecule has 0 aliphatic heterocycles. The molecule has 1 saturated carbocycles. The molecule has 148 valence electrons. The molecular weight excluding hydrogens is 371 g/mol. The van der Waals surface area contributed by atoms with Gasteiger partial charge in [0.2, 0.25) is 5.88 Å². The molecule has 0 spiro atoms. The average Bonchev–Trinajstić information content (AvgIpc) is 3.56. The number of aromatic nitrogens is 1. The van der Waals surface area contributed by atoms with Crippen LogP contribution in [-0.2, 0) is 6.54 Å². The van der Waals surface area contributed by atoms with E-state index in [9.17, 15) is 9.18 Å². The highest BCUT2D eigenvalue weighted by molar-refractivity contribution is 5.94. The van der Waals surface area contributed by atoms with E-state index in [-0.39, 0.29) is 12.5 Å². The van der Waals surface area contributed by atoms with Crippen LogP contribution in [0.3, 0.4) is 0 Å². The number of nitrogens with zero attached hydrogens (tertiary/aromatic N) is 1. The number of ether oxygens (including phenoxy) is 2. The Morgan fingerprint density at radius 1 is 1.07 bits per heavy atom. The van der Waals surface area contributed by atoms with Crippen molar-refractivity contribution in [2.45, 2.75) is 19.4 Å². The van der Waals surface area contributed by atoms with Crippen LogP contribution in [0.5, 0.6) is 17.4 Å². The third-order valence-corrected chi connectivity index (χ3v) is 4.60. The van der Waals surface area contributed by atoms with Gasteiger partial charge in [0, 0.05) is 29.9 Å². The summed E-state index contributed by atoms with van der Waals surface area (Å²) >= 11 is 0. The van der Waals surface area contributed by atoms with E-state index in [0.29, 0.717) is 28.7 Å². The molecule has 29 heavy (non-hydrogen) atoms. The first-order valence-corrected chi connectivity index (χ1v) is 9.56. The SMILES string of the molecule is O=C(NCc1cccnc1Oc1cccc(F)c1)c1ccc(OCC2CC2)cc1. The van der Waals surface area contributed by atoms with E-state index in [4.69, 9.17) is 9.47 Å². The van der Waals surface area contributed by atoms with Crippen molar-refractivity contribution >= 4 is 5.91 Å². The Morgan fingerprint density at radius 3 is 2.66 bits per heavy atom. The molecule has 2 aromatic carbocycles. The fourth-order valence-electron chi connectivity index (χ4n) is 2.77. The second kappa shape index (κ2) is 8.73. The molecule has 5 nitrogen and oxygen atoms in total. The van der Waals surface area contributed by atoms with E-state index in [2.05, 4.69) is 10.3 Å². The summed E-state index contributed by atoms with van der Waals surface area (Å²) < 4.78 is 24.7. The Labute approximate surface area is 168 Å². The molecular formula is C23H21FN2O3. The lowest BCUT2D eigenvalue weighted by molar-refractivity contribution is 0.0950. The summed E-state index contributed by atoms with van der Waals surface area (Å²) in [5.41, 5.74) is 1.23. The maximum Gasteiger partial charge on any atom is 0.251 e. The van der Waals surface area contributed by atoms with Gasteiger partial charge in [0.25, 0.3) is 5.91 Å². The van der Waals surface area contributed by atoms with Gasteiger partial charge >= 0.3 is 0 Å². The largest absolute Gasteiger partial charge is 0.493 e. The van der Waals surface area contributed by atoms with E-state index in [1.807, 2.05) is 0 Å². The molecule has 4 rings (SSSR count). The highest BCUT2D eigenvalue weighted by Gasteiger charge is 2.21. The number of carbonyl (C=O) groups is 1. The summed E-state index contributed by atoms with van der Waals surface area (Å²) in [6.07, 6.45) is 4.06. The van der Waals surface area contributed by atoms with Crippen LogP contribution in [0.15, 0.2) is 66.9 Å². The summed E-state index contributed by atoms with van der Waals surface area (Å²) in [6.45, 7) is 0.970. The predicted octanol–water partition coefficient (Wildman–Crippen LogP) is 4.73. The topological polar surface area (TPSA) is 60.5 Å². The Hall–Kier alpha value is -3.41. The number of pyridine rings is 1. The Bertz CT molecular complexity index is 987. The van der Waals surface area contributed by atoms with E-state index in [0.717, 1.165) is 12.4 Å². The zero-order valence-corrected chi connectivity index (χ0v) is 15.8. The van der Waals surface area contributed by atoms with Gasteiger partial charge in [-0.15, -0.1) is 0 Å². The summed E-state index contributed by atoms with van der Waals surface area (Å²) in [7, 11) is 0. The van der Waals surface area contributed by atoms with Crippen LogP contribution in [0.25, 0.3) is 0 Å². The number of hydrogen-bond acceptors (Lipinski definition) is 4. The number of halogens is 1. The fourth-order valence-corrected chi connectivity index (χ4v) is 2.77. The number of benzene rings is 2. The van der Waals surface area contributed by atoms with Crippen LogP contribution < -0.4 is 14.8 Å². The van der Waals surface area contributed by atoms with Crippen molar-refractivity contribution in [1.82, 2.24) is 10.3 Å². The van der Waals surface area contributed by atoms with E-state index in [1.54, 1.807) is 54.7 Å². The van der Waals surface area contributed by atoms with Crippen LogP contribution in [0, 0.1) is 11.7 Å². The standard InChI is InChI=1S/C23H21FN2O3/c24-19-4-1-5-21(13-19)29-23-18(3-2-12-25-23)14-26-22(27)17-8-10-20(11-9-17)28-15-16-6-7-16/h1-5,8-13,16H,6-7,14-15H2,(H,26,27). The third kappa shape index (κ3) is 5.31. The minimum absolute atomic E-state index is 0.209. The molecule has 1 aliphatic rings. The number of carbonyl (C=O) groups excluding carboxylic acids is 1. The molecule has 1 aromatic heterocycles. The van der Waals surface area contributed by atoms with E-state index < -0.39 is 5.82 Å². The van der Waals surface area contributed by atoms with Gasteiger partial charge < -0.3 is 14.8 Å². The van der Waals surface area contributed by atoms with Crippen molar-refractivity contribution in [2.75, 3.05) is 6.61 Å². The monoisotopic (exact) mass is 392 g/mol. The molecule has 0 unspecified atom stereocenters. The lowest BCUT2D eigenvalue weighted by Crippen LogP contribution is -2.23. The Morgan fingerprint density at radius 2 is 1.90 bits per heavy atom. The van der Waals surface area contributed by atoms with Crippen molar-refractivity contribution in [2.24, 2.45) is 5.92 Å². The van der Waals surface area contributed by atoms with Gasteiger partial charge in [-0.3, -0.25) is 4.79 Å². The van der Waals surface area contributed by atoms with Crippen molar-refractivity contribution in [3.05, 3.63) is 83.8 Å². The zero-order valence-electron chi connectivity index (χ0n) is 15.8.